The van der Waals surface area contributed by atoms with E-state index in [-0.39, 0.29) is 10.8 Å². The summed E-state index contributed by atoms with van der Waals surface area (Å²) in [4.78, 5) is 2.41. The van der Waals surface area contributed by atoms with Crippen molar-refractivity contribution in [2.75, 3.05) is 19.0 Å². The van der Waals surface area contributed by atoms with Gasteiger partial charge >= 0.3 is 0 Å². The molecule has 1 nitrogen and oxygen atoms in total. The van der Waals surface area contributed by atoms with Gasteiger partial charge in [-0.3, -0.25) is 4.90 Å². The van der Waals surface area contributed by atoms with E-state index in [1.54, 1.807) is 6.07 Å². The molecule has 0 spiro atoms. The molecule has 4 heteroatoms. The third kappa shape index (κ3) is 3.84. The number of hydrogen-bond acceptors (Lipinski definition) is 1. The first-order chi connectivity index (χ1) is 8.69. The van der Waals surface area contributed by atoms with Crippen molar-refractivity contribution in [1.82, 2.24) is 4.90 Å². The number of nitrogens with zero attached hydrogens (tertiary/aromatic N) is 1. The number of alkyl halides is 1. The normalized spacial score (nSPS) is 21.2. The van der Waals surface area contributed by atoms with Crippen LogP contribution in [0.2, 0.25) is 5.02 Å². The van der Waals surface area contributed by atoms with Gasteiger partial charge in [-0.15, -0.1) is 11.6 Å². The highest BCUT2D eigenvalue weighted by Gasteiger charge is 2.19. The lowest BCUT2D eigenvalue weighted by Crippen LogP contribution is -2.35. The molecule has 0 aromatic heterocycles. The highest BCUT2D eigenvalue weighted by molar-refractivity contribution is 6.30. The van der Waals surface area contributed by atoms with E-state index in [2.05, 4.69) is 4.90 Å². The molecule has 0 bridgehead atoms. The van der Waals surface area contributed by atoms with E-state index in [1.165, 1.54) is 18.9 Å². The van der Waals surface area contributed by atoms with Gasteiger partial charge in [-0.1, -0.05) is 17.7 Å². The minimum Gasteiger partial charge on any atom is -0.299 e. The fourth-order valence-corrected chi connectivity index (χ4v) is 3.09. The summed E-state index contributed by atoms with van der Waals surface area (Å²) in [7, 11) is 0. The maximum Gasteiger partial charge on any atom is 0.141 e. The number of likely N-dealkylation sites (tertiary alicyclic amines) is 1. The number of halogens is 3. The van der Waals surface area contributed by atoms with Gasteiger partial charge in [0.05, 0.1) is 5.02 Å². The van der Waals surface area contributed by atoms with Crippen LogP contribution < -0.4 is 0 Å². The largest absolute Gasteiger partial charge is 0.299 e. The molecule has 0 aliphatic carbocycles. The van der Waals surface area contributed by atoms with Gasteiger partial charge < -0.3 is 0 Å². The van der Waals surface area contributed by atoms with E-state index in [0.717, 1.165) is 37.5 Å². The first kappa shape index (κ1) is 14.1. The van der Waals surface area contributed by atoms with E-state index in [9.17, 15) is 4.39 Å². The molecule has 0 N–H and O–H groups in total. The lowest BCUT2D eigenvalue weighted by molar-refractivity contribution is 0.165. The summed E-state index contributed by atoms with van der Waals surface area (Å²) < 4.78 is 13.1. The molecule has 1 aromatic carbocycles. The van der Waals surface area contributed by atoms with Gasteiger partial charge in [-0.2, -0.15) is 0 Å². The van der Waals surface area contributed by atoms with Crippen molar-refractivity contribution in [1.29, 1.82) is 0 Å². The molecular weight excluding hydrogens is 272 g/mol. The Hall–Kier alpha value is -0.310. The maximum absolute atomic E-state index is 13.1. The van der Waals surface area contributed by atoms with Crippen LogP contribution in [0.5, 0.6) is 0 Å². The van der Waals surface area contributed by atoms with Crippen LogP contribution in [-0.4, -0.2) is 23.9 Å². The van der Waals surface area contributed by atoms with Crippen molar-refractivity contribution < 1.29 is 4.39 Å². The molecule has 18 heavy (non-hydrogen) atoms. The van der Waals surface area contributed by atoms with E-state index in [4.69, 9.17) is 23.2 Å². The zero-order valence-electron chi connectivity index (χ0n) is 10.3. The van der Waals surface area contributed by atoms with E-state index < -0.39 is 0 Å². The second kappa shape index (κ2) is 6.74. The zero-order valence-corrected chi connectivity index (χ0v) is 11.9. The second-order valence-corrected chi connectivity index (χ2v) is 5.75. The van der Waals surface area contributed by atoms with Crippen molar-refractivity contribution in [3.8, 4) is 0 Å². The standard InChI is InChI=1S/C14H18Cl2FN/c15-6-5-11-2-1-7-18(9-11)10-12-3-4-14(17)13(16)8-12/h3-4,8,11H,1-2,5-7,9-10H2. The predicted octanol–water partition coefficient (Wildman–Crippen LogP) is 4.32. The fourth-order valence-electron chi connectivity index (χ4n) is 2.58. The lowest BCUT2D eigenvalue weighted by Gasteiger charge is -2.32. The molecule has 1 atom stereocenters. The molecule has 1 aliphatic rings. The summed E-state index contributed by atoms with van der Waals surface area (Å²) in [6.07, 6.45) is 3.58. The zero-order chi connectivity index (χ0) is 13.0. The van der Waals surface area contributed by atoms with Gasteiger partial charge in [0, 0.05) is 19.0 Å². The Balaban J connectivity index is 1.93. The summed E-state index contributed by atoms with van der Waals surface area (Å²) in [5, 5.41) is 0.210. The third-order valence-corrected chi connectivity index (χ3v) is 4.02. The fraction of sp³-hybridized carbons (Fsp3) is 0.571. The highest BCUT2D eigenvalue weighted by atomic mass is 35.5. The van der Waals surface area contributed by atoms with Crippen LogP contribution in [0.25, 0.3) is 0 Å². The first-order valence-corrected chi connectivity index (χ1v) is 7.32. The van der Waals surface area contributed by atoms with Crippen LogP contribution in [0.4, 0.5) is 4.39 Å². The van der Waals surface area contributed by atoms with Crippen molar-refractivity contribution in [3.63, 3.8) is 0 Å². The maximum atomic E-state index is 13.1. The van der Waals surface area contributed by atoms with Crippen molar-refractivity contribution in [2.24, 2.45) is 5.92 Å². The monoisotopic (exact) mass is 289 g/mol. The SMILES string of the molecule is Fc1ccc(CN2CCCC(CCCl)C2)cc1Cl. The molecule has 0 saturated carbocycles. The summed E-state index contributed by atoms with van der Waals surface area (Å²) >= 11 is 11.6. The average molecular weight is 290 g/mol. The van der Waals surface area contributed by atoms with Crippen LogP contribution >= 0.6 is 23.2 Å². The van der Waals surface area contributed by atoms with Crippen molar-refractivity contribution in [2.45, 2.75) is 25.8 Å². The van der Waals surface area contributed by atoms with Crippen LogP contribution in [-0.2, 0) is 6.54 Å². The summed E-state index contributed by atoms with van der Waals surface area (Å²) in [5.74, 6) is 1.09. The van der Waals surface area contributed by atoms with Crippen LogP contribution in [0, 0.1) is 11.7 Å². The molecule has 1 heterocycles. The van der Waals surface area contributed by atoms with E-state index in [1.807, 2.05) is 6.07 Å². The summed E-state index contributed by atoms with van der Waals surface area (Å²) in [6.45, 7) is 3.04. The molecule has 100 valence electrons. The Labute approximate surface area is 118 Å². The van der Waals surface area contributed by atoms with Gasteiger partial charge in [0.25, 0.3) is 0 Å². The van der Waals surface area contributed by atoms with Gasteiger partial charge in [-0.25, -0.2) is 4.39 Å². The topological polar surface area (TPSA) is 3.24 Å². The average Bonchev–Trinajstić information content (AvgIpc) is 2.35. The minimum atomic E-state index is -0.348. The van der Waals surface area contributed by atoms with E-state index in [0.29, 0.717) is 5.92 Å². The Bertz CT molecular complexity index is 395. The van der Waals surface area contributed by atoms with Gasteiger partial charge in [0.15, 0.2) is 0 Å². The van der Waals surface area contributed by atoms with E-state index >= 15 is 0 Å². The highest BCUT2D eigenvalue weighted by Crippen LogP contribution is 2.23. The molecule has 1 unspecified atom stereocenters. The molecule has 2 rings (SSSR count). The number of benzene rings is 1. The van der Waals surface area contributed by atoms with Crippen molar-refractivity contribution in [3.05, 3.63) is 34.6 Å². The van der Waals surface area contributed by atoms with Crippen LogP contribution in [0.3, 0.4) is 0 Å². The minimum absolute atomic E-state index is 0.210. The Kier molecular flexibility index (Phi) is 5.28. The van der Waals surface area contributed by atoms with Gasteiger partial charge in [-0.05, 0) is 49.4 Å². The first-order valence-electron chi connectivity index (χ1n) is 6.41. The molecular formula is C14H18Cl2FN. The van der Waals surface area contributed by atoms with Crippen molar-refractivity contribution >= 4 is 23.2 Å². The molecule has 1 aromatic rings. The number of piperidine rings is 1. The molecule has 1 aliphatic heterocycles. The molecule has 1 fully saturated rings. The lowest BCUT2D eigenvalue weighted by atomic mass is 9.95. The third-order valence-electron chi connectivity index (χ3n) is 3.51. The van der Waals surface area contributed by atoms with Gasteiger partial charge in [0.2, 0.25) is 0 Å². The Morgan fingerprint density at radius 3 is 2.94 bits per heavy atom. The second-order valence-electron chi connectivity index (χ2n) is 4.97. The smallest absolute Gasteiger partial charge is 0.141 e. The van der Waals surface area contributed by atoms with Crippen LogP contribution in [0.1, 0.15) is 24.8 Å². The molecule has 0 amide bonds. The number of hydrogen-bond donors (Lipinski definition) is 0. The van der Waals surface area contributed by atoms with Gasteiger partial charge in [0.1, 0.15) is 5.82 Å². The molecule has 0 radical (unpaired) electrons. The molecule has 1 saturated heterocycles. The summed E-state index contributed by atoms with van der Waals surface area (Å²) in [6, 6.07) is 4.98. The summed E-state index contributed by atoms with van der Waals surface area (Å²) in [5.41, 5.74) is 1.08. The Morgan fingerprint density at radius 1 is 1.39 bits per heavy atom. The quantitative estimate of drug-likeness (QED) is 0.746. The Morgan fingerprint density at radius 2 is 2.22 bits per heavy atom. The van der Waals surface area contributed by atoms with Crippen LogP contribution in [0.15, 0.2) is 18.2 Å². The number of rotatable bonds is 4. The predicted molar refractivity (Wildman–Crippen MR) is 74.7 cm³/mol.